The van der Waals surface area contributed by atoms with Crippen molar-refractivity contribution in [3.8, 4) is 5.75 Å². The summed E-state index contributed by atoms with van der Waals surface area (Å²) in [7, 11) is 2.14. The van der Waals surface area contributed by atoms with E-state index in [2.05, 4.69) is 31.6 Å². The fourth-order valence-electron chi connectivity index (χ4n) is 7.65. The second-order valence-corrected chi connectivity index (χ2v) is 12.2. The molecule has 3 aliphatic rings. The van der Waals surface area contributed by atoms with E-state index in [-0.39, 0.29) is 18.1 Å². The molecular formula is C29H38BF9O3. The quantitative estimate of drug-likeness (QED) is 0.144. The summed E-state index contributed by atoms with van der Waals surface area (Å²) in [5, 5.41) is 0. The Hall–Kier alpha value is -1.63. The van der Waals surface area contributed by atoms with Crippen LogP contribution < -0.4 is 4.74 Å². The van der Waals surface area contributed by atoms with E-state index in [0.717, 1.165) is 57.0 Å². The number of unbranched alkanes of at least 4 members (excludes halogenated alkanes) is 1. The summed E-state index contributed by atoms with van der Waals surface area (Å²) in [6.07, 6.45) is -12.5. The smallest absolute Gasteiger partial charge is 0.435 e. The monoisotopic (exact) mass is 616 g/mol. The van der Waals surface area contributed by atoms with Gasteiger partial charge in [0, 0.05) is 6.61 Å². The van der Waals surface area contributed by atoms with Crippen molar-refractivity contribution in [2.45, 2.75) is 107 Å². The molecule has 0 saturated heterocycles. The molecule has 4 rings (SSSR count). The van der Waals surface area contributed by atoms with Gasteiger partial charge in [-0.3, -0.25) is 0 Å². The number of alkyl halides is 9. The van der Waals surface area contributed by atoms with Gasteiger partial charge in [-0.1, -0.05) is 25.7 Å². The zero-order valence-corrected chi connectivity index (χ0v) is 23.9. The zero-order chi connectivity index (χ0) is 31.0. The summed E-state index contributed by atoms with van der Waals surface area (Å²) in [6, 6.07) is 6.36. The Labute approximate surface area is 241 Å². The number of aryl methyl sites for hydroxylation is 1. The van der Waals surface area contributed by atoms with Crippen molar-refractivity contribution >= 4 is 7.85 Å². The van der Waals surface area contributed by atoms with Gasteiger partial charge in [-0.25, -0.2) is 0 Å². The van der Waals surface area contributed by atoms with E-state index >= 15 is 0 Å². The van der Waals surface area contributed by atoms with Crippen LogP contribution in [0.5, 0.6) is 5.75 Å². The topological polar surface area (TPSA) is 27.7 Å². The van der Waals surface area contributed by atoms with Crippen LogP contribution in [0.4, 0.5) is 39.5 Å². The molecule has 1 aromatic carbocycles. The van der Waals surface area contributed by atoms with E-state index in [1.54, 1.807) is 0 Å². The molecule has 42 heavy (non-hydrogen) atoms. The van der Waals surface area contributed by atoms with Crippen LogP contribution in [-0.4, -0.2) is 57.9 Å². The van der Waals surface area contributed by atoms with E-state index in [1.807, 2.05) is 6.07 Å². The van der Waals surface area contributed by atoms with Crippen molar-refractivity contribution in [3.63, 3.8) is 0 Å². The molecule has 0 amide bonds. The molecule has 13 heteroatoms. The Balaban J connectivity index is 1.34. The van der Waals surface area contributed by atoms with Gasteiger partial charge in [0.2, 0.25) is 0 Å². The van der Waals surface area contributed by atoms with Crippen molar-refractivity contribution < 1.29 is 53.7 Å². The first-order valence-electron chi connectivity index (χ1n) is 14.8. The fraction of sp³-hybridized carbons (Fsp3) is 0.793. The number of halogens is 9. The van der Waals surface area contributed by atoms with Crippen LogP contribution >= 0.6 is 0 Å². The molecule has 3 aliphatic carbocycles. The SMILES string of the molecule is BCCCCOc1ccc2c(c1)CCC1C2CCC2(C)C(OCCCOC(C(F)(F)F)(C(F)(F)F)C(F)(F)F)CCC12. The highest BCUT2D eigenvalue weighted by molar-refractivity contribution is 6.08. The van der Waals surface area contributed by atoms with Crippen molar-refractivity contribution in [1.29, 1.82) is 0 Å². The molecule has 238 valence electrons. The predicted octanol–water partition coefficient (Wildman–Crippen LogP) is 7.97. The number of benzene rings is 1. The third-order valence-corrected chi connectivity index (χ3v) is 9.75. The lowest BCUT2D eigenvalue weighted by Crippen LogP contribution is -2.67. The zero-order valence-electron chi connectivity index (χ0n) is 23.9. The first-order chi connectivity index (χ1) is 19.6. The van der Waals surface area contributed by atoms with Crippen LogP contribution in [-0.2, 0) is 15.9 Å². The molecule has 0 aliphatic heterocycles. The maximum atomic E-state index is 13.1. The van der Waals surface area contributed by atoms with Gasteiger partial charge in [-0.15, -0.1) is 0 Å². The second-order valence-electron chi connectivity index (χ2n) is 12.2. The largest absolute Gasteiger partial charge is 0.494 e. The van der Waals surface area contributed by atoms with E-state index in [0.29, 0.717) is 30.8 Å². The predicted molar refractivity (Wildman–Crippen MR) is 140 cm³/mol. The van der Waals surface area contributed by atoms with Gasteiger partial charge in [0.15, 0.2) is 0 Å². The summed E-state index contributed by atoms with van der Waals surface area (Å²) in [6.45, 7) is 1.11. The minimum Gasteiger partial charge on any atom is -0.494 e. The van der Waals surface area contributed by atoms with Crippen LogP contribution in [0.15, 0.2) is 18.2 Å². The highest BCUT2D eigenvalue weighted by Crippen LogP contribution is 2.62. The Kier molecular flexibility index (Phi) is 9.83. The third kappa shape index (κ3) is 6.15. The number of ether oxygens (including phenoxy) is 3. The molecule has 3 nitrogen and oxygen atoms in total. The summed E-state index contributed by atoms with van der Waals surface area (Å²) >= 11 is 0. The molecule has 5 unspecified atom stereocenters. The molecule has 0 N–H and O–H groups in total. The van der Waals surface area contributed by atoms with Gasteiger partial charge < -0.3 is 14.2 Å². The molecule has 0 heterocycles. The molecular weight excluding hydrogens is 578 g/mol. The molecule has 2 saturated carbocycles. The first-order valence-corrected chi connectivity index (χ1v) is 14.8. The Morgan fingerprint density at radius 2 is 1.52 bits per heavy atom. The van der Waals surface area contributed by atoms with Gasteiger partial charge in [0.25, 0.3) is 0 Å². The van der Waals surface area contributed by atoms with Crippen LogP contribution in [0.2, 0.25) is 6.32 Å². The Morgan fingerprint density at radius 3 is 2.17 bits per heavy atom. The minimum absolute atomic E-state index is 0.227. The lowest BCUT2D eigenvalue weighted by molar-refractivity contribution is -0.457. The average molecular weight is 616 g/mol. The van der Waals surface area contributed by atoms with Gasteiger partial charge in [-0.05, 0) is 97.8 Å². The number of fused-ring (bicyclic) bond motifs is 5. The van der Waals surface area contributed by atoms with Crippen molar-refractivity contribution in [3.05, 3.63) is 29.3 Å². The summed E-state index contributed by atoms with van der Waals surface area (Å²) in [4.78, 5) is 0. The van der Waals surface area contributed by atoms with Gasteiger partial charge in [0.1, 0.15) is 13.6 Å². The van der Waals surface area contributed by atoms with Crippen LogP contribution in [0, 0.1) is 17.3 Å². The molecule has 0 aromatic heterocycles. The lowest BCUT2D eigenvalue weighted by Gasteiger charge is -2.50. The van der Waals surface area contributed by atoms with E-state index in [1.165, 1.54) is 11.1 Å². The van der Waals surface area contributed by atoms with Gasteiger partial charge in [0.05, 0.1) is 19.3 Å². The summed E-state index contributed by atoms with van der Waals surface area (Å²) in [5.74, 6) is 2.05. The van der Waals surface area contributed by atoms with E-state index in [4.69, 9.17) is 9.47 Å². The lowest BCUT2D eigenvalue weighted by atomic mass is 9.55. The molecule has 0 bridgehead atoms. The van der Waals surface area contributed by atoms with Crippen molar-refractivity contribution in [2.24, 2.45) is 17.3 Å². The maximum absolute atomic E-state index is 13.1. The minimum atomic E-state index is -6.73. The number of hydrogen-bond acceptors (Lipinski definition) is 3. The van der Waals surface area contributed by atoms with Gasteiger partial charge >= 0.3 is 24.1 Å². The maximum Gasteiger partial charge on any atom is 0.435 e. The highest BCUT2D eigenvalue weighted by Gasteiger charge is 2.85. The first kappa shape index (κ1) is 33.3. The molecule has 0 radical (unpaired) electrons. The van der Waals surface area contributed by atoms with Crippen LogP contribution in [0.1, 0.15) is 75.3 Å². The highest BCUT2D eigenvalue weighted by atomic mass is 19.4. The van der Waals surface area contributed by atoms with Crippen LogP contribution in [0.25, 0.3) is 0 Å². The van der Waals surface area contributed by atoms with E-state index in [9.17, 15) is 39.5 Å². The molecule has 2 fully saturated rings. The Morgan fingerprint density at radius 1 is 0.833 bits per heavy atom. The fourth-order valence-corrected chi connectivity index (χ4v) is 7.65. The summed E-state index contributed by atoms with van der Waals surface area (Å²) in [5.41, 5.74) is -3.81. The standard InChI is InChI=1S/C29H38BF9O3/c1-25-12-11-21-20-8-6-19(40-14-3-2-13-30)17-18(20)5-7-22(21)23(25)9-10-24(25)41-15-4-16-42-26(27(31,32)33,28(34,35)36)29(37,38)39/h6,8,17,21-24H,2-5,7,9-16,30H2,1H3. The number of rotatable bonds is 11. The third-order valence-electron chi connectivity index (χ3n) is 9.75. The van der Waals surface area contributed by atoms with Crippen molar-refractivity contribution in [1.82, 2.24) is 0 Å². The molecule has 1 aromatic rings. The summed E-state index contributed by atoms with van der Waals surface area (Å²) < 4.78 is 133. The number of hydrogen-bond donors (Lipinski definition) is 0. The van der Waals surface area contributed by atoms with Crippen molar-refractivity contribution in [2.75, 3.05) is 19.8 Å². The average Bonchev–Trinajstić information content (AvgIpc) is 3.22. The van der Waals surface area contributed by atoms with E-state index < -0.39 is 37.2 Å². The Bertz CT molecular complexity index is 1020. The van der Waals surface area contributed by atoms with Crippen LogP contribution in [0.3, 0.4) is 0 Å². The normalized spacial score (nSPS) is 28.2. The molecule has 0 spiro atoms. The second kappa shape index (κ2) is 12.4. The van der Waals surface area contributed by atoms with Gasteiger partial charge in [-0.2, -0.15) is 39.5 Å². The molecule has 5 atom stereocenters.